The molecule has 2 aromatic carbocycles. The lowest BCUT2D eigenvalue weighted by atomic mass is 10.2. The second kappa shape index (κ2) is 12.4. The first kappa shape index (κ1) is 25.5. The zero-order valence-corrected chi connectivity index (χ0v) is 19.3. The van der Waals surface area contributed by atoms with Gasteiger partial charge < -0.3 is 38.2 Å². The molecule has 0 unspecified atom stereocenters. The number of ether oxygens (including phenoxy) is 2. The Hall–Kier alpha value is -2.72. The molecule has 172 valence electrons. The van der Waals surface area contributed by atoms with Gasteiger partial charge in [0.25, 0.3) is 5.91 Å². The molecule has 0 spiro atoms. The largest absolute Gasteiger partial charge is 1.00 e. The molecule has 12 heteroatoms. The fraction of sp³-hybridized carbons (Fsp3) is 0.250. The summed E-state index contributed by atoms with van der Waals surface area (Å²) in [5.41, 5.74) is 7.26. The number of amides is 1. The van der Waals surface area contributed by atoms with Gasteiger partial charge in [0.2, 0.25) is 11.5 Å². The van der Waals surface area contributed by atoms with Crippen molar-refractivity contribution < 1.29 is 31.3 Å². The predicted molar refractivity (Wildman–Crippen MR) is 117 cm³/mol. The van der Waals surface area contributed by atoms with Gasteiger partial charge in [0.05, 0.1) is 7.11 Å². The van der Waals surface area contributed by atoms with Crippen LogP contribution in [0, 0.1) is 0 Å². The number of aromatic nitrogens is 2. The number of rotatable bonds is 10. The molecule has 0 saturated heterocycles. The Labute approximate surface area is 200 Å². The Morgan fingerprint density at radius 1 is 1.12 bits per heavy atom. The maximum atomic E-state index is 11.9. The molecule has 3 rings (SSSR count). The Morgan fingerprint density at radius 2 is 1.94 bits per heavy atom. The van der Waals surface area contributed by atoms with Crippen LogP contribution in [0.15, 0.2) is 41.0 Å². The van der Waals surface area contributed by atoms with E-state index < -0.39 is 5.91 Å². The number of nitrogens with two attached hydrogens (primary N) is 1. The average Bonchev–Trinajstić information content (AvgIpc) is 3.19. The van der Waals surface area contributed by atoms with E-state index in [2.05, 4.69) is 25.6 Å². The maximum Gasteiger partial charge on any atom is 0.277 e. The molecule has 9 nitrogen and oxygen atoms in total. The summed E-state index contributed by atoms with van der Waals surface area (Å²) in [5, 5.41) is 13.8. The van der Waals surface area contributed by atoms with E-state index >= 15 is 0 Å². The van der Waals surface area contributed by atoms with Crippen molar-refractivity contribution in [3.63, 3.8) is 0 Å². The average molecular weight is 502 g/mol. The Kier molecular flexibility index (Phi) is 9.86. The van der Waals surface area contributed by atoms with Gasteiger partial charge in [0.1, 0.15) is 6.61 Å². The summed E-state index contributed by atoms with van der Waals surface area (Å²) in [6, 6.07) is 10.9. The molecule has 1 heterocycles. The second-order valence-electron chi connectivity index (χ2n) is 6.44. The molecule has 0 atom stereocenters. The van der Waals surface area contributed by atoms with Crippen molar-refractivity contribution in [2.45, 2.75) is 13.2 Å². The van der Waals surface area contributed by atoms with Crippen LogP contribution in [0.2, 0.25) is 10.0 Å². The van der Waals surface area contributed by atoms with Gasteiger partial charge in [-0.25, -0.2) is 4.63 Å². The van der Waals surface area contributed by atoms with Crippen LogP contribution in [0.1, 0.15) is 21.6 Å². The van der Waals surface area contributed by atoms with Gasteiger partial charge in [-0.1, -0.05) is 35.3 Å². The van der Waals surface area contributed by atoms with Crippen molar-refractivity contribution in [2.75, 3.05) is 25.9 Å². The fourth-order valence-corrected chi connectivity index (χ4v) is 3.13. The number of nitrogens with one attached hydrogen (secondary N) is 2. The van der Waals surface area contributed by atoms with Gasteiger partial charge in [0.15, 0.2) is 11.5 Å². The van der Waals surface area contributed by atoms with Crippen LogP contribution in [0.4, 0.5) is 5.82 Å². The third-order valence-electron chi connectivity index (χ3n) is 4.27. The van der Waals surface area contributed by atoms with Crippen LogP contribution in [0.5, 0.6) is 11.5 Å². The number of anilines is 1. The summed E-state index contributed by atoms with van der Waals surface area (Å²) in [5.74, 6) is 0.720. The van der Waals surface area contributed by atoms with Gasteiger partial charge in [-0.15, -0.1) is 0 Å². The van der Waals surface area contributed by atoms with E-state index in [0.29, 0.717) is 41.2 Å². The van der Waals surface area contributed by atoms with Gasteiger partial charge in [-0.2, -0.15) is 0 Å². The minimum atomic E-state index is -0.440. The van der Waals surface area contributed by atoms with Crippen LogP contribution in [-0.4, -0.2) is 36.4 Å². The minimum absolute atomic E-state index is 0. The van der Waals surface area contributed by atoms with E-state index in [4.69, 9.17) is 38.4 Å². The lowest BCUT2D eigenvalue weighted by Crippen LogP contribution is -3.00. The highest BCUT2D eigenvalue weighted by Gasteiger charge is 2.15. The smallest absolute Gasteiger partial charge is 0.277 e. The molecule has 1 amide bonds. The van der Waals surface area contributed by atoms with Crippen LogP contribution < -0.4 is 38.2 Å². The van der Waals surface area contributed by atoms with Crippen LogP contribution >= 0.6 is 23.2 Å². The van der Waals surface area contributed by atoms with Crippen LogP contribution in [-0.2, 0) is 13.2 Å². The maximum absolute atomic E-state index is 11.9. The molecule has 32 heavy (non-hydrogen) atoms. The Balaban J connectivity index is 0.00000363. The van der Waals surface area contributed by atoms with Gasteiger partial charge in [0, 0.05) is 35.2 Å². The number of hydrogen-bond acceptors (Lipinski definition) is 8. The molecule has 0 aliphatic carbocycles. The Bertz CT molecular complexity index is 1050. The molecule has 1 aromatic heterocycles. The molecule has 0 saturated carbocycles. The first-order chi connectivity index (χ1) is 15.0. The lowest BCUT2D eigenvalue weighted by Gasteiger charge is -2.13. The third-order valence-corrected chi connectivity index (χ3v) is 4.86. The topological polar surface area (TPSA) is 125 Å². The molecular formula is C20H21Cl3N5O4-. The quantitative estimate of drug-likeness (QED) is 0.333. The summed E-state index contributed by atoms with van der Waals surface area (Å²) in [6.45, 7) is 1.77. The van der Waals surface area contributed by atoms with E-state index in [1.54, 1.807) is 19.2 Å². The molecule has 3 aromatic rings. The number of methoxy groups -OCH3 is 1. The SMILES string of the molecule is COc1cc(CNCCNC(=O)c2nonc2N)ccc1OCc1ccc(Cl)cc1Cl.[Cl-]. The van der Waals surface area contributed by atoms with Crippen LogP contribution in [0.25, 0.3) is 0 Å². The normalized spacial score (nSPS) is 10.3. The molecular weight excluding hydrogens is 481 g/mol. The third kappa shape index (κ3) is 6.89. The number of nitrogens with zero attached hydrogens (tertiary/aromatic N) is 2. The van der Waals surface area contributed by atoms with Gasteiger partial charge in [-0.05, 0) is 40.1 Å². The molecule has 0 radical (unpaired) electrons. The number of halogens is 3. The number of benzene rings is 2. The summed E-state index contributed by atoms with van der Waals surface area (Å²) in [4.78, 5) is 11.9. The predicted octanol–water partition coefficient (Wildman–Crippen LogP) is 0.0698. The summed E-state index contributed by atoms with van der Waals surface area (Å²) in [6.07, 6.45) is 0. The van der Waals surface area contributed by atoms with E-state index in [1.807, 2.05) is 24.3 Å². The molecule has 0 bridgehead atoms. The van der Waals surface area contributed by atoms with Crippen molar-refractivity contribution in [2.24, 2.45) is 0 Å². The first-order valence-corrected chi connectivity index (χ1v) is 10.0. The summed E-state index contributed by atoms with van der Waals surface area (Å²) in [7, 11) is 1.58. The monoisotopic (exact) mass is 500 g/mol. The van der Waals surface area contributed by atoms with Crippen LogP contribution in [0.3, 0.4) is 0 Å². The highest BCUT2D eigenvalue weighted by Crippen LogP contribution is 2.30. The molecule has 0 aliphatic rings. The second-order valence-corrected chi connectivity index (χ2v) is 7.28. The van der Waals surface area contributed by atoms with Crippen molar-refractivity contribution in [3.8, 4) is 11.5 Å². The van der Waals surface area contributed by atoms with Gasteiger partial charge >= 0.3 is 0 Å². The fourth-order valence-electron chi connectivity index (χ4n) is 2.67. The lowest BCUT2D eigenvalue weighted by molar-refractivity contribution is -0.0000156. The zero-order valence-electron chi connectivity index (χ0n) is 17.0. The van der Waals surface area contributed by atoms with Crippen molar-refractivity contribution in [3.05, 3.63) is 63.3 Å². The first-order valence-electron chi connectivity index (χ1n) is 9.28. The minimum Gasteiger partial charge on any atom is -1.00 e. The number of nitrogen functional groups attached to an aromatic ring is 1. The molecule has 0 aliphatic heterocycles. The van der Waals surface area contributed by atoms with E-state index in [0.717, 1.165) is 11.1 Å². The highest BCUT2D eigenvalue weighted by atomic mass is 35.5. The van der Waals surface area contributed by atoms with E-state index in [-0.39, 0.29) is 30.5 Å². The summed E-state index contributed by atoms with van der Waals surface area (Å²) >= 11 is 12.1. The van der Waals surface area contributed by atoms with Gasteiger partial charge in [-0.3, -0.25) is 4.79 Å². The molecule has 0 fully saturated rings. The van der Waals surface area contributed by atoms with E-state index in [9.17, 15) is 4.79 Å². The van der Waals surface area contributed by atoms with Crippen molar-refractivity contribution in [1.82, 2.24) is 20.9 Å². The van der Waals surface area contributed by atoms with E-state index in [1.165, 1.54) is 0 Å². The number of hydrogen-bond donors (Lipinski definition) is 3. The number of carbonyl (C=O) groups excluding carboxylic acids is 1. The Morgan fingerprint density at radius 3 is 2.62 bits per heavy atom. The van der Waals surface area contributed by atoms with Crippen molar-refractivity contribution in [1.29, 1.82) is 0 Å². The standard InChI is InChI=1S/C20H21Cl2N5O4.ClH/c1-29-17-8-12(10-24-6-7-25-20(28)18-19(23)27-31-26-18)2-5-16(17)30-11-13-3-4-14(21)9-15(13)22;/h2-5,8-9,24H,6-7,10-11H2,1H3,(H2,23,27)(H,25,28);1H/p-1. The molecule has 4 N–H and O–H groups in total. The highest BCUT2D eigenvalue weighted by molar-refractivity contribution is 6.35. The summed E-state index contributed by atoms with van der Waals surface area (Å²) < 4.78 is 15.7. The number of carbonyl (C=O) groups is 1. The zero-order chi connectivity index (χ0) is 22.2. The van der Waals surface area contributed by atoms with Crippen molar-refractivity contribution >= 4 is 34.9 Å².